The van der Waals surface area contributed by atoms with E-state index in [1.54, 1.807) is 0 Å². The zero-order valence-electron chi connectivity index (χ0n) is 16.7. The molecule has 3 nitrogen and oxygen atoms in total. The first kappa shape index (κ1) is 19.2. The summed E-state index contributed by atoms with van der Waals surface area (Å²) in [6.45, 7) is 20.9. The average Bonchev–Trinajstić information content (AvgIpc) is 2.39. The molecule has 1 aliphatic carbocycles. The third-order valence-electron chi connectivity index (χ3n) is 5.57. The highest BCUT2D eigenvalue weighted by molar-refractivity contribution is 4.91. The fourth-order valence-electron chi connectivity index (χ4n) is 4.09. The monoisotopic (exact) mass is 324 g/mol. The molecule has 2 aliphatic rings. The highest BCUT2D eigenvalue weighted by Gasteiger charge is 2.37. The zero-order chi connectivity index (χ0) is 17.3. The van der Waals surface area contributed by atoms with E-state index in [1.165, 1.54) is 51.9 Å². The Labute approximate surface area is 144 Å². The molecular weight excluding hydrogens is 284 g/mol. The molecule has 0 amide bonds. The second-order valence-electron chi connectivity index (χ2n) is 9.67. The van der Waals surface area contributed by atoms with Crippen LogP contribution in [-0.2, 0) is 4.74 Å². The molecule has 2 fully saturated rings. The van der Waals surface area contributed by atoms with E-state index >= 15 is 0 Å². The van der Waals surface area contributed by atoms with Gasteiger partial charge in [0.25, 0.3) is 0 Å². The number of nitrogens with zero attached hydrogens (tertiary/aromatic N) is 2. The van der Waals surface area contributed by atoms with Crippen LogP contribution in [0.3, 0.4) is 0 Å². The number of rotatable bonds is 5. The molecule has 3 heteroatoms. The first-order valence-corrected chi connectivity index (χ1v) is 9.75. The van der Waals surface area contributed by atoms with Gasteiger partial charge in [-0.05, 0) is 92.8 Å². The van der Waals surface area contributed by atoms with Gasteiger partial charge in [-0.25, -0.2) is 0 Å². The molecule has 1 aliphatic heterocycles. The summed E-state index contributed by atoms with van der Waals surface area (Å²) in [5.74, 6) is 0.885. The van der Waals surface area contributed by atoms with Crippen molar-refractivity contribution in [3.8, 4) is 0 Å². The molecular formula is C20H40N2O. The van der Waals surface area contributed by atoms with Crippen LogP contribution < -0.4 is 0 Å². The maximum absolute atomic E-state index is 6.11. The Morgan fingerprint density at radius 2 is 1.57 bits per heavy atom. The van der Waals surface area contributed by atoms with Gasteiger partial charge >= 0.3 is 0 Å². The lowest BCUT2D eigenvalue weighted by Crippen LogP contribution is -2.52. The van der Waals surface area contributed by atoms with Gasteiger partial charge < -0.3 is 9.64 Å². The van der Waals surface area contributed by atoms with Crippen LogP contribution in [0.15, 0.2) is 0 Å². The lowest BCUT2D eigenvalue weighted by atomic mass is 9.85. The van der Waals surface area contributed by atoms with Crippen LogP contribution in [0.5, 0.6) is 0 Å². The van der Waals surface area contributed by atoms with Crippen LogP contribution >= 0.6 is 0 Å². The molecule has 0 aromatic rings. The minimum atomic E-state index is 0.00641. The Morgan fingerprint density at radius 1 is 1.00 bits per heavy atom. The van der Waals surface area contributed by atoms with Crippen LogP contribution in [0.2, 0.25) is 0 Å². The summed E-state index contributed by atoms with van der Waals surface area (Å²) in [7, 11) is 0. The van der Waals surface area contributed by atoms with Gasteiger partial charge in [0.05, 0.1) is 11.7 Å². The zero-order valence-corrected chi connectivity index (χ0v) is 16.7. The van der Waals surface area contributed by atoms with E-state index < -0.39 is 0 Å². The maximum atomic E-state index is 6.11. The van der Waals surface area contributed by atoms with Gasteiger partial charge in [-0.1, -0.05) is 6.92 Å². The van der Waals surface area contributed by atoms with Crippen molar-refractivity contribution in [3.05, 3.63) is 0 Å². The predicted molar refractivity (Wildman–Crippen MR) is 98.9 cm³/mol. The lowest BCUT2D eigenvalue weighted by molar-refractivity contribution is -0.121. The van der Waals surface area contributed by atoms with E-state index in [1.807, 2.05) is 0 Å². The summed E-state index contributed by atoms with van der Waals surface area (Å²) < 4.78 is 6.11. The molecule has 0 spiro atoms. The third kappa shape index (κ3) is 5.72. The molecule has 1 saturated carbocycles. The molecule has 0 atom stereocenters. The van der Waals surface area contributed by atoms with Crippen molar-refractivity contribution in [1.29, 1.82) is 0 Å². The van der Waals surface area contributed by atoms with Gasteiger partial charge in [0.15, 0.2) is 0 Å². The van der Waals surface area contributed by atoms with Crippen LogP contribution in [0, 0.1) is 5.92 Å². The summed E-state index contributed by atoms with van der Waals surface area (Å²) in [5.41, 5.74) is 0.341. The molecule has 23 heavy (non-hydrogen) atoms. The summed E-state index contributed by atoms with van der Waals surface area (Å²) in [6, 6.07) is 0.757. The van der Waals surface area contributed by atoms with Crippen molar-refractivity contribution in [2.75, 3.05) is 26.2 Å². The lowest BCUT2D eigenvalue weighted by Gasteiger charge is -2.47. The van der Waals surface area contributed by atoms with Gasteiger partial charge in [-0.3, -0.25) is 4.90 Å². The molecule has 1 heterocycles. The molecule has 136 valence electrons. The van der Waals surface area contributed by atoms with E-state index in [4.69, 9.17) is 4.74 Å². The van der Waals surface area contributed by atoms with Crippen LogP contribution in [0.25, 0.3) is 0 Å². The second kappa shape index (κ2) is 7.41. The van der Waals surface area contributed by atoms with E-state index in [9.17, 15) is 0 Å². The number of hydrogen-bond acceptors (Lipinski definition) is 3. The molecule has 1 saturated heterocycles. The Morgan fingerprint density at radius 3 is 2.00 bits per heavy atom. The van der Waals surface area contributed by atoms with Gasteiger partial charge in [-0.2, -0.15) is 0 Å². The van der Waals surface area contributed by atoms with Crippen molar-refractivity contribution in [3.63, 3.8) is 0 Å². The van der Waals surface area contributed by atoms with Crippen molar-refractivity contribution in [2.45, 2.75) is 97.4 Å². The Bertz CT molecular complexity index is 355. The third-order valence-corrected chi connectivity index (χ3v) is 5.57. The largest absolute Gasteiger partial charge is 0.373 e. The predicted octanol–water partition coefficient (Wildman–Crippen LogP) is 4.16. The standard InChI is InChI=1S/C20H40N2O/c1-8-21(17-13-18(14-17)23-20(5,6)7)15-16-9-11-22(12-10-16)19(2,3)4/h16-18H,8-15H2,1-7H3. The minimum Gasteiger partial charge on any atom is -0.373 e. The number of hydrogen-bond donors (Lipinski definition) is 0. The Hall–Kier alpha value is -0.120. The van der Waals surface area contributed by atoms with Gasteiger partial charge in [-0.15, -0.1) is 0 Å². The highest BCUT2D eigenvalue weighted by atomic mass is 16.5. The van der Waals surface area contributed by atoms with E-state index in [-0.39, 0.29) is 5.60 Å². The fourth-order valence-corrected chi connectivity index (χ4v) is 4.09. The first-order valence-electron chi connectivity index (χ1n) is 9.75. The van der Waals surface area contributed by atoms with E-state index in [0.717, 1.165) is 12.0 Å². The topological polar surface area (TPSA) is 15.7 Å². The van der Waals surface area contributed by atoms with Crippen molar-refractivity contribution in [2.24, 2.45) is 5.92 Å². The second-order valence-corrected chi connectivity index (χ2v) is 9.67. The SMILES string of the molecule is CCN(CC1CCN(C(C)(C)C)CC1)C1CC(OC(C)(C)C)C1. The number of ether oxygens (including phenoxy) is 1. The van der Waals surface area contributed by atoms with Crippen molar-refractivity contribution < 1.29 is 4.74 Å². The molecule has 0 unspecified atom stereocenters. The average molecular weight is 325 g/mol. The van der Waals surface area contributed by atoms with Crippen LogP contribution in [-0.4, -0.2) is 59.3 Å². The Balaban J connectivity index is 1.73. The molecule has 2 rings (SSSR count). The quantitative estimate of drug-likeness (QED) is 0.755. The Kier molecular flexibility index (Phi) is 6.19. The first-order chi connectivity index (χ1) is 10.6. The molecule has 0 bridgehead atoms. The van der Waals surface area contributed by atoms with Crippen molar-refractivity contribution >= 4 is 0 Å². The maximum Gasteiger partial charge on any atom is 0.0612 e. The van der Waals surface area contributed by atoms with E-state index in [0.29, 0.717) is 11.6 Å². The molecule has 0 N–H and O–H groups in total. The van der Waals surface area contributed by atoms with E-state index in [2.05, 4.69) is 58.3 Å². The van der Waals surface area contributed by atoms with Crippen LogP contribution in [0.4, 0.5) is 0 Å². The minimum absolute atomic E-state index is 0.00641. The molecule has 0 aromatic carbocycles. The molecule has 0 radical (unpaired) electrons. The number of likely N-dealkylation sites (tertiary alicyclic amines) is 1. The fraction of sp³-hybridized carbons (Fsp3) is 1.00. The summed E-state index contributed by atoms with van der Waals surface area (Å²) >= 11 is 0. The smallest absolute Gasteiger partial charge is 0.0612 e. The van der Waals surface area contributed by atoms with Crippen LogP contribution in [0.1, 0.15) is 74.1 Å². The molecule has 0 aromatic heterocycles. The van der Waals surface area contributed by atoms with Gasteiger partial charge in [0, 0.05) is 18.1 Å². The van der Waals surface area contributed by atoms with Gasteiger partial charge in [0.1, 0.15) is 0 Å². The summed E-state index contributed by atoms with van der Waals surface area (Å²) in [6.07, 6.45) is 5.67. The van der Waals surface area contributed by atoms with Crippen molar-refractivity contribution in [1.82, 2.24) is 9.80 Å². The number of piperidine rings is 1. The summed E-state index contributed by atoms with van der Waals surface area (Å²) in [5, 5.41) is 0. The normalized spacial score (nSPS) is 28.2. The van der Waals surface area contributed by atoms with Gasteiger partial charge in [0.2, 0.25) is 0 Å². The summed E-state index contributed by atoms with van der Waals surface area (Å²) in [4.78, 5) is 5.37. The highest BCUT2D eigenvalue weighted by Crippen LogP contribution is 2.33.